The Hall–Kier alpha value is -0.0600. The van der Waals surface area contributed by atoms with Crippen molar-refractivity contribution in [1.29, 1.82) is 0 Å². The smallest absolute Gasteiger partial charge is 0.0704 e. The highest BCUT2D eigenvalue weighted by Crippen LogP contribution is 1.86. The van der Waals surface area contributed by atoms with Crippen molar-refractivity contribution in [3.05, 3.63) is 12.7 Å². The molecule has 0 aromatic heterocycles. The molecule has 7 nitrogen and oxygen atoms in total. The van der Waals surface area contributed by atoms with E-state index in [1.165, 1.54) is 0 Å². The number of hydrogen-bond acceptors (Lipinski definition) is 7. The van der Waals surface area contributed by atoms with Crippen molar-refractivity contribution in [2.45, 2.75) is 0 Å². The molecule has 0 N–H and O–H groups in total. The summed E-state index contributed by atoms with van der Waals surface area (Å²) in [6.07, 6.45) is 1.71. The second-order valence-corrected chi connectivity index (χ2v) is 5.52. The van der Waals surface area contributed by atoms with Crippen molar-refractivity contribution < 1.29 is 33.2 Å². The molecular formula is C17H33BrO7. The van der Waals surface area contributed by atoms with Gasteiger partial charge in [0.25, 0.3) is 0 Å². The van der Waals surface area contributed by atoms with Gasteiger partial charge in [-0.2, -0.15) is 0 Å². The number of alkyl halides is 1. The van der Waals surface area contributed by atoms with Gasteiger partial charge in [0.1, 0.15) is 0 Å². The standard InChI is InChI=1S/C17H33BrO7/c1-2-4-19-6-8-21-10-12-23-14-16-25-17-15-24-13-11-22-9-7-20-5-3-18/h2H,1,3-17H2. The lowest BCUT2D eigenvalue weighted by Gasteiger charge is -2.08. The fraction of sp³-hybridized carbons (Fsp3) is 0.882. The molecule has 0 aromatic carbocycles. The van der Waals surface area contributed by atoms with Gasteiger partial charge in [-0.1, -0.05) is 22.0 Å². The minimum Gasteiger partial charge on any atom is -0.378 e. The van der Waals surface area contributed by atoms with Gasteiger partial charge in [0.2, 0.25) is 0 Å². The predicted molar refractivity (Wildman–Crippen MR) is 99.7 cm³/mol. The zero-order valence-corrected chi connectivity index (χ0v) is 16.7. The minimum absolute atomic E-state index is 0.549. The molecule has 0 heterocycles. The van der Waals surface area contributed by atoms with Crippen LogP contribution in [0.3, 0.4) is 0 Å². The molecule has 0 spiro atoms. The summed E-state index contributed by atoms with van der Waals surface area (Å²) in [7, 11) is 0. The molecule has 0 saturated carbocycles. The molecule has 0 aliphatic heterocycles. The molecule has 0 aromatic rings. The van der Waals surface area contributed by atoms with E-state index in [0.29, 0.717) is 92.5 Å². The fourth-order valence-electron chi connectivity index (χ4n) is 1.54. The maximum absolute atomic E-state index is 5.39. The summed E-state index contributed by atoms with van der Waals surface area (Å²) in [6, 6.07) is 0. The van der Waals surface area contributed by atoms with Crippen LogP contribution in [-0.2, 0) is 33.2 Å². The molecule has 0 rings (SSSR count). The number of halogens is 1. The second-order valence-electron chi connectivity index (χ2n) is 4.73. The first-order valence-electron chi connectivity index (χ1n) is 8.63. The Kier molecular flexibility index (Phi) is 23.9. The van der Waals surface area contributed by atoms with E-state index >= 15 is 0 Å². The quantitative estimate of drug-likeness (QED) is 0.147. The normalized spacial score (nSPS) is 11.1. The Morgan fingerprint density at radius 1 is 0.480 bits per heavy atom. The van der Waals surface area contributed by atoms with Gasteiger partial charge in [0.05, 0.1) is 92.5 Å². The van der Waals surface area contributed by atoms with E-state index in [1.54, 1.807) is 6.08 Å². The van der Waals surface area contributed by atoms with Gasteiger partial charge in [0, 0.05) is 5.33 Å². The van der Waals surface area contributed by atoms with Crippen molar-refractivity contribution >= 4 is 15.9 Å². The summed E-state index contributed by atoms with van der Waals surface area (Å²) in [5.41, 5.74) is 0. The van der Waals surface area contributed by atoms with Crippen molar-refractivity contribution in [3.63, 3.8) is 0 Å². The van der Waals surface area contributed by atoms with Crippen LogP contribution in [0.25, 0.3) is 0 Å². The average Bonchev–Trinajstić information content (AvgIpc) is 2.63. The van der Waals surface area contributed by atoms with Gasteiger partial charge >= 0.3 is 0 Å². The first-order chi connectivity index (χ1) is 12.4. The Balaban J connectivity index is 2.95. The highest BCUT2D eigenvalue weighted by Gasteiger charge is 1.94. The van der Waals surface area contributed by atoms with E-state index in [-0.39, 0.29) is 0 Å². The summed E-state index contributed by atoms with van der Waals surface area (Å²) in [5, 5.41) is 0.848. The summed E-state index contributed by atoms with van der Waals surface area (Å²) in [6.45, 7) is 11.6. The third-order valence-electron chi connectivity index (χ3n) is 2.69. The fourth-order valence-corrected chi connectivity index (χ4v) is 1.77. The lowest BCUT2D eigenvalue weighted by molar-refractivity contribution is -0.0193. The summed E-state index contributed by atoms with van der Waals surface area (Å²) in [5.74, 6) is 0. The maximum Gasteiger partial charge on any atom is 0.0704 e. The highest BCUT2D eigenvalue weighted by atomic mass is 79.9. The van der Waals surface area contributed by atoms with Gasteiger partial charge in [-0.3, -0.25) is 0 Å². The molecule has 0 bridgehead atoms. The van der Waals surface area contributed by atoms with Crippen LogP contribution in [0.5, 0.6) is 0 Å². The average molecular weight is 429 g/mol. The van der Waals surface area contributed by atoms with Gasteiger partial charge in [-0.25, -0.2) is 0 Å². The van der Waals surface area contributed by atoms with Crippen LogP contribution in [0.1, 0.15) is 0 Å². The Labute approximate surface area is 160 Å². The number of hydrogen-bond donors (Lipinski definition) is 0. The lowest BCUT2D eigenvalue weighted by atomic mass is 10.6. The largest absolute Gasteiger partial charge is 0.378 e. The Morgan fingerprint density at radius 3 is 1.04 bits per heavy atom. The van der Waals surface area contributed by atoms with Crippen LogP contribution in [0, 0.1) is 0 Å². The Morgan fingerprint density at radius 2 is 0.760 bits per heavy atom. The zero-order chi connectivity index (χ0) is 18.3. The van der Waals surface area contributed by atoms with Crippen LogP contribution in [0.2, 0.25) is 0 Å². The summed E-state index contributed by atoms with van der Waals surface area (Å²) < 4.78 is 37.3. The van der Waals surface area contributed by atoms with Gasteiger partial charge in [-0.05, 0) is 0 Å². The van der Waals surface area contributed by atoms with Crippen molar-refractivity contribution in [2.24, 2.45) is 0 Å². The monoisotopic (exact) mass is 428 g/mol. The molecule has 0 saturated heterocycles. The number of ether oxygens (including phenoxy) is 7. The van der Waals surface area contributed by atoms with Crippen LogP contribution >= 0.6 is 15.9 Å². The first kappa shape index (κ1) is 24.9. The van der Waals surface area contributed by atoms with Crippen molar-refractivity contribution in [2.75, 3.05) is 97.8 Å². The van der Waals surface area contributed by atoms with Crippen LogP contribution < -0.4 is 0 Å². The van der Waals surface area contributed by atoms with Crippen molar-refractivity contribution in [1.82, 2.24) is 0 Å². The molecule has 0 aliphatic carbocycles. The topological polar surface area (TPSA) is 64.6 Å². The SMILES string of the molecule is C=CCOCCOCCOCCOCCOCCOCCOCCBr. The molecular weight excluding hydrogens is 396 g/mol. The third-order valence-corrected chi connectivity index (χ3v) is 3.01. The zero-order valence-electron chi connectivity index (χ0n) is 15.1. The van der Waals surface area contributed by atoms with Gasteiger partial charge in [0.15, 0.2) is 0 Å². The molecule has 8 heteroatoms. The molecule has 0 aliphatic rings. The lowest BCUT2D eigenvalue weighted by Crippen LogP contribution is -2.14. The molecule has 0 radical (unpaired) electrons. The molecule has 0 fully saturated rings. The Bertz CT molecular complexity index is 257. The molecule has 0 atom stereocenters. The van der Waals surface area contributed by atoms with E-state index < -0.39 is 0 Å². The van der Waals surface area contributed by atoms with Gasteiger partial charge < -0.3 is 33.2 Å². The predicted octanol–water partition coefficient (Wildman–Crippen LogP) is 1.68. The van der Waals surface area contributed by atoms with Crippen LogP contribution in [0.4, 0.5) is 0 Å². The first-order valence-corrected chi connectivity index (χ1v) is 9.75. The van der Waals surface area contributed by atoms with E-state index in [0.717, 1.165) is 5.33 Å². The third kappa shape index (κ3) is 23.9. The van der Waals surface area contributed by atoms with E-state index in [9.17, 15) is 0 Å². The summed E-state index contributed by atoms with van der Waals surface area (Å²) >= 11 is 3.29. The number of rotatable bonds is 22. The van der Waals surface area contributed by atoms with E-state index in [4.69, 9.17) is 33.2 Å². The van der Waals surface area contributed by atoms with Crippen LogP contribution in [-0.4, -0.2) is 97.8 Å². The molecule has 0 unspecified atom stereocenters. The maximum atomic E-state index is 5.39. The van der Waals surface area contributed by atoms with Crippen LogP contribution in [0.15, 0.2) is 12.7 Å². The van der Waals surface area contributed by atoms with Crippen molar-refractivity contribution in [3.8, 4) is 0 Å². The molecule has 150 valence electrons. The highest BCUT2D eigenvalue weighted by molar-refractivity contribution is 9.09. The molecule has 0 amide bonds. The minimum atomic E-state index is 0.549. The summed E-state index contributed by atoms with van der Waals surface area (Å²) in [4.78, 5) is 0. The molecule has 25 heavy (non-hydrogen) atoms. The van der Waals surface area contributed by atoms with Gasteiger partial charge in [-0.15, -0.1) is 6.58 Å². The second kappa shape index (κ2) is 23.9. The van der Waals surface area contributed by atoms with E-state index in [2.05, 4.69) is 22.5 Å². The van der Waals surface area contributed by atoms with E-state index in [1.807, 2.05) is 0 Å².